The maximum atomic E-state index is 13.2. The molecule has 5 rings (SSSR count). The number of likely N-dealkylation sites (N-methyl/N-ethyl adjacent to an activating group) is 1. The molecular weight excluding hydrogens is 468 g/mol. The number of hydrogen-bond acceptors (Lipinski definition) is 7. The molecule has 3 heterocycles. The summed E-state index contributed by atoms with van der Waals surface area (Å²) < 4.78 is 34.9. The van der Waals surface area contributed by atoms with Crippen LogP contribution in [0.25, 0.3) is 33.7 Å². The summed E-state index contributed by atoms with van der Waals surface area (Å²) in [6.07, 6.45) is 0. The second kappa shape index (κ2) is 8.91. The van der Waals surface area contributed by atoms with Crippen molar-refractivity contribution >= 4 is 21.1 Å². The minimum atomic E-state index is -3.67. The molecule has 11 heteroatoms. The average molecular weight is 495 g/mol. The number of sulfonamides is 1. The number of piperazine rings is 1. The summed E-state index contributed by atoms with van der Waals surface area (Å²) in [6, 6.07) is 14.0. The van der Waals surface area contributed by atoms with E-state index in [0.717, 1.165) is 5.56 Å². The van der Waals surface area contributed by atoms with Crippen LogP contribution in [-0.2, 0) is 17.1 Å². The van der Waals surface area contributed by atoms with Gasteiger partial charge in [-0.1, -0.05) is 30.3 Å². The van der Waals surface area contributed by atoms with Gasteiger partial charge in [-0.15, -0.1) is 0 Å². The molecule has 0 unspecified atom stereocenters. The molecule has 0 radical (unpaired) electrons. The van der Waals surface area contributed by atoms with E-state index >= 15 is 0 Å². The summed E-state index contributed by atoms with van der Waals surface area (Å²) in [5, 5.41) is 4.90. The standard InChI is InChI=1S/C24H26N6O4S/c1-28-11-13-30(14-12-28)35(32,33)17-9-10-18(19(15-17)34-3)22-25-23-20(24(31)26-22)21(27-29(23)2)16-7-5-4-6-8-16/h4-10,15H,11-14H2,1-3H3,(H,25,26,31). The fourth-order valence-electron chi connectivity index (χ4n) is 4.29. The minimum absolute atomic E-state index is 0.137. The van der Waals surface area contributed by atoms with Crippen molar-refractivity contribution in [3.63, 3.8) is 0 Å². The molecule has 0 spiro atoms. The van der Waals surface area contributed by atoms with E-state index in [1.54, 1.807) is 17.8 Å². The largest absolute Gasteiger partial charge is 0.496 e. The van der Waals surface area contributed by atoms with Crippen LogP contribution in [0.1, 0.15) is 0 Å². The Bertz CT molecular complexity index is 1550. The van der Waals surface area contributed by atoms with Crippen LogP contribution in [0.5, 0.6) is 5.75 Å². The number of methoxy groups -OCH3 is 1. The van der Waals surface area contributed by atoms with Crippen LogP contribution in [0.3, 0.4) is 0 Å². The SMILES string of the molecule is COc1cc(S(=O)(=O)N2CCN(C)CC2)ccc1-c1nc2c(c(-c3ccccc3)nn2C)c(=O)[nH]1. The Morgan fingerprint density at radius 2 is 1.71 bits per heavy atom. The van der Waals surface area contributed by atoms with Gasteiger partial charge in [0.15, 0.2) is 5.65 Å². The number of ether oxygens (including phenoxy) is 1. The molecule has 35 heavy (non-hydrogen) atoms. The van der Waals surface area contributed by atoms with E-state index in [0.29, 0.717) is 54.2 Å². The first-order valence-electron chi connectivity index (χ1n) is 11.2. The van der Waals surface area contributed by atoms with Crippen LogP contribution >= 0.6 is 0 Å². The molecular formula is C24H26N6O4S. The predicted octanol–water partition coefficient (Wildman–Crippen LogP) is 1.94. The zero-order chi connectivity index (χ0) is 24.7. The topological polar surface area (TPSA) is 113 Å². The Hall–Kier alpha value is -3.54. The summed E-state index contributed by atoms with van der Waals surface area (Å²) in [7, 11) is 1.48. The van der Waals surface area contributed by atoms with Gasteiger partial charge in [0.25, 0.3) is 5.56 Å². The van der Waals surface area contributed by atoms with Crippen LogP contribution in [0.15, 0.2) is 58.2 Å². The first kappa shape index (κ1) is 23.2. The lowest BCUT2D eigenvalue weighted by Gasteiger charge is -2.31. The Balaban J connectivity index is 1.57. The van der Waals surface area contributed by atoms with Crippen LogP contribution in [0.2, 0.25) is 0 Å². The maximum Gasteiger partial charge on any atom is 0.262 e. The highest BCUT2D eigenvalue weighted by Crippen LogP contribution is 2.32. The summed E-state index contributed by atoms with van der Waals surface area (Å²) in [5.74, 6) is 0.568. The summed E-state index contributed by atoms with van der Waals surface area (Å²) in [5.41, 5.74) is 1.91. The number of rotatable bonds is 5. The Labute approximate surface area is 202 Å². The van der Waals surface area contributed by atoms with E-state index in [4.69, 9.17) is 4.74 Å². The molecule has 1 saturated heterocycles. The number of aryl methyl sites for hydroxylation is 1. The molecule has 10 nitrogen and oxygen atoms in total. The fourth-order valence-corrected chi connectivity index (χ4v) is 5.73. The molecule has 1 fully saturated rings. The Morgan fingerprint density at radius 1 is 1.00 bits per heavy atom. The number of hydrogen-bond donors (Lipinski definition) is 1. The predicted molar refractivity (Wildman–Crippen MR) is 133 cm³/mol. The van der Waals surface area contributed by atoms with Gasteiger partial charge in [0, 0.05) is 44.9 Å². The monoisotopic (exact) mass is 494 g/mol. The number of benzene rings is 2. The van der Waals surface area contributed by atoms with E-state index in [1.807, 2.05) is 37.4 Å². The number of nitrogens with one attached hydrogen (secondary N) is 1. The number of nitrogens with zero attached hydrogens (tertiary/aromatic N) is 5. The third-order valence-corrected chi connectivity index (χ3v) is 8.16. The summed E-state index contributed by atoms with van der Waals surface area (Å²) in [6.45, 7) is 2.21. The van der Waals surface area contributed by atoms with Gasteiger partial charge in [0.05, 0.1) is 17.6 Å². The van der Waals surface area contributed by atoms with E-state index in [1.165, 1.54) is 23.5 Å². The van der Waals surface area contributed by atoms with Crippen molar-refractivity contribution in [2.75, 3.05) is 40.3 Å². The van der Waals surface area contributed by atoms with Crippen molar-refractivity contribution in [2.45, 2.75) is 4.90 Å². The fraction of sp³-hybridized carbons (Fsp3) is 0.292. The summed E-state index contributed by atoms with van der Waals surface area (Å²) in [4.78, 5) is 22.8. The molecule has 0 aliphatic carbocycles. The molecule has 1 aliphatic heterocycles. The third kappa shape index (κ3) is 4.11. The molecule has 2 aromatic carbocycles. The smallest absolute Gasteiger partial charge is 0.262 e. The molecule has 2 aromatic heterocycles. The first-order valence-corrected chi connectivity index (χ1v) is 12.6. The molecule has 0 amide bonds. The molecule has 0 atom stereocenters. The molecule has 182 valence electrons. The van der Waals surface area contributed by atoms with Crippen molar-refractivity contribution in [2.24, 2.45) is 7.05 Å². The maximum absolute atomic E-state index is 13.2. The quantitative estimate of drug-likeness (QED) is 0.451. The van der Waals surface area contributed by atoms with Gasteiger partial charge < -0.3 is 14.6 Å². The van der Waals surface area contributed by atoms with Gasteiger partial charge >= 0.3 is 0 Å². The van der Waals surface area contributed by atoms with Crippen molar-refractivity contribution in [1.29, 1.82) is 0 Å². The second-order valence-electron chi connectivity index (χ2n) is 8.52. The highest BCUT2D eigenvalue weighted by atomic mass is 32.2. The highest BCUT2D eigenvalue weighted by Gasteiger charge is 2.28. The van der Waals surface area contributed by atoms with Crippen molar-refractivity contribution in [1.82, 2.24) is 29.0 Å². The van der Waals surface area contributed by atoms with Crippen LogP contribution in [0.4, 0.5) is 0 Å². The van der Waals surface area contributed by atoms with E-state index < -0.39 is 10.0 Å². The van der Waals surface area contributed by atoms with Crippen LogP contribution in [-0.4, -0.2) is 77.7 Å². The third-order valence-electron chi connectivity index (χ3n) is 6.27. The lowest BCUT2D eigenvalue weighted by atomic mass is 10.1. The zero-order valence-electron chi connectivity index (χ0n) is 19.7. The number of aromatic nitrogens is 4. The van der Waals surface area contributed by atoms with Gasteiger partial charge in [-0.05, 0) is 19.2 Å². The van der Waals surface area contributed by atoms with Crippen molar-refractivity contribution in [3.05, 3.63) is 58.9 Å². The van der Waals surface area contributed by atoms with Gasteiger partial charge in [0.1, 0.15) is 22.7 Å². The highest BCUT2D eigenvalue weighted by molar-refractivity contribution is 7.89. The van der Waals surface area contributed by atoms with E-state index in [9.17, 15) is 13.2 Å². The molecule has 1 aliphatic rings. The average Bonchev–Trinajstić information content (AvgIpc) is 3.21. The molecule has 1 N–H and O–H groups in total. The van der Waals surface area contributed by atoms with Crippen LogP contribution in [0, 0.1) is 0 Å². The van der Waals surface area contributed by atoms with Crippen LogP contribution < -0.4 is 10.3 Å². The lowest BCUT2D eigenvalue weighted by Crippen LogP contribution is -2.47. The summed E-state index contributed by atoms with van der Waals surface area (Å²) >= 11 is 0. The van der Waals surface area contributed by atoms with Crippen molar-refractivity contribution in [3.8, 4) is 28.4 Å². The zero-order valence-corrected chi connectivity index (χ0v) is 20.5. The Morgan fingerprint density at radius 3 is 2.40 bits per heavy atom. The minimum Gasteiger partial charge on any atom is -0.496 e. The van der Waals surface area contributed by atoms with Gasteiger partial charge in [-0.2, -0.15) is 9.40 Å². The number of H-pyrrole nitrogens is 1. The Kier molecular flexibility index (Phi) is 5.91. The van der Waals surface area contributed by atoms with Gasteiger partial charge in [0.2, 0.25) is 10.0 Å². The molecule has 4 aromatic rings. The van der Waals surface area contributed by atoms with E-state index in [-0.39, 0.29) is 16.3 Å². The van der Waals surface area contributed by atoms with Gasteiger partial charge in [-0.25, -0.2) is 18.1 Å². The molecule has 0 saturated carbocycles. The van der Waals surface area contributed by atoms with Crippen molar-refractivity contribution < 1.29 is 13.2 Å². The number of aromatic amines is 1. The first-order chi connectivity index (χ1) is 16.8. The van der Waals surface area contributed by atoms with Gasteiger partial charge in [-0.3, -0.25) is 4.79 Å². The molecule has 0 bridgehead atoms. The lowest BCUT2D eigenvalue weighted by molar-refractivity contribution is 0.222. The second-order valence-corrected chi connectivity index (χ2v) is 10.5. The van der Waals surface area contributed by atoms with E-state index in [2.05, 4.69) is 20.0 Å². The number of fused-ring (bicyclic) bond motifs is 1. The normalized spacial score (nSPS) is 15.5.